The minimum absolute atomic E-state index is 0.170. The van der Waals surface area contributed by atoms with Gasteiger partial charge in [0.2, 0.25) is 5.95 Å². The Kier molecular flexibility index (Phi) is 6.24. The van der Waals surface area contributed by atoms with E-state index in [9.17, 15) is 5.11 Å². The van der Waals surface area contributed by atoms with Gasteiger partial charge in [0, 0.05) is 52.0 Å². The molecule has 2 aliphatic rings. The smallest absolute Gasteiger partial charge is 0.227 e. The van der Waals surface area contributed by atoms with E-state index in [1.165, 1.54) is 0 Å². The number of piperazine rings is 1. The summed E-state index contributed by atoms with van der Waals surface area (Å²) >= 11 is 0. The summed E-state index contributed by atoms with van der Waals surface area (Å²) in [5.74, 6) is 2.70. The number of hydrogen-bond donors (Lipinski definition) is 1. The number of piperidine rings is 1. The first kappa shape index (κ1) is 19.0. The predicted octanol–water partition coefficient (Wildman–Crippen LogP) is 1.64. The Morgan fingerprint density at radius 1 is 0.929 bits per heavy atom. The third-order valence-electron chi connectivity index (χ3n) is 5.49. The summed E-state index contributed by atoms with van der Waals surface area (Å²) in [5, 5.41) is 9.70. The van der Waals surface area contributed by atoms with E-state index in [-0.39, 0.29) is 6.10 Å². The first-order valence-electron chi connectivity index (χ1n) is 10.2. The molecule has 150 valence electrons. The maximum Gasteiger partial charge on any atom is 0.227 e. The van der Waals surface area contributed by atoms with Gasteiger partial charge in [0.1, 0.15) is 18.2 Å². The number of benzene rings is 1. The number of para-hydroxylation sites is 1. The van der Waals surface area contributed by atoms with Gasteiger partial charge in [-0.3, -0.25) is 4.90 Å². The zero-order valence-electron chi connectivity index (χ0n) is 16.3. The molecule has 0 bridgehead atoms. The lowest BCUT2D eigenvalue weighted by Gasteiger charge is -2.35. The molecule has 1 N–H and O–H groups in total. The fourth-order valence-electron chi connectivity index (χ4n) is 3.74. The van der Waals surface area contributed by atoms with Crippen molar-refractivity contribution in [1.82, 2.24) is 14.9 Å². The first-order chi connectivity index (χ1) is 13.8. The van der Waals surface area contributed by atoms with E-state index in [1.54, 1.807) is 0 Å². The molecule has 0 unspecified atom stereocenters. The highest BCUT2D eigenvalue weighted by Gasteiger charge is 2.22. The van der Waals surface area contributed by atoms with Crippen LogP contribution in [0.25, 0.3) is 0 Å². The number of rotatable bonds is 6. The Hall–Kier alpha value is -2.38. The predicted molar refractivity (Wildman–Crippen MR) is 110 cm³/mol. The van der Waals surface area contributed by atoms with E-state index in [1.807, 2.05) is 42.6 Å². The van der Waals surface area contributed by atoms with Crippen LogP contribution in [0.1, 0.15) is 12.8 Å². The molecule has 1 aromatic carbocycles. The highest BCUT2D eigenvalue weighted by Crippen LogP contribution is 2.20. The molecule has 0 radical (unpaired) electrons. The number of ether oxygens (including phenoxy) is 1. The Balaban J connectivity index is 1.25. The van der Waals surface area contributed by atoms with Crippen molar-refractivity contribution in [3.63, 3.8) is 0 Å². The van der Waals surface area contributed by atoms with Crippen molar-refractivity contribution in [2.45, 2.75) is 18.9 Å². The van der Waals surface area contributed by atoms with Gasteiger partial charge in [0.05, 0.1) is 6.10 Å². The Morgan fingerprint density at radius 3 is 2.43 bits per heavy atom. The quantitative estimate of drug-likeness (QED) is 0.813. The van der Waals surface area contributed by atoms with Crippen LogP contribution >= 0.6 is 0 Å². The van der Waals surface area contributed by atoms with Crippen LogP contribution in [-0.2, 0) is 0 Å². The molecule has 2 aromatic rings. The summed E-state index contributed by atoms with van der Waals surface area (Å²) in [6, 6.07) is 11.9. The summed E-state index contributed by atoms with van der Waals surface area (Å²) in [5.41, 5.74) is 0. The number of aromatic nitrogens is 2. The SMILES string of the molecule is OC1CCN(c2ccnc(N3CCN(CCOc4ccccc4)CC3)n2)CC1. The van der Waals surface area contributed by atoms with E-state index in [0.29, 0.717) is 6.61 Å². The third kappa shape index (κ3) is 4.91. The lowest BCUT2D eigenvalue weighted by atomic mass is 10.1. The zero-order chi connectivity index (χ0) is 19.2. The Labute approximate surface area is 166 Å². The molecule has 2 aliphatic heterocycles. The van der Waals surface area contributed by atoms with Crippen LogP contribution in [0.4, 0.5) is 11.8 Å². The number of aliphatic hydroxyl groups excluding tert-OH is 1. The monoisotopic (exact) mass is 383 g/mol. The van der Waals surface area contributed by atoms with Crippen LogP contribution < -0.4 is 14.5 Å². The largest absolute Gasteiger partial charge is 0.492 e. The minimum atomic E-state index is -0.170. The van der Waals surface area contributed by atoms with Crippen LogP contribution in [0.5, 0.6) is 5.75 Å². The molecule has 7 nitrogen and oxygen atoms in total. The Morgan fingerprint density at radius 2 is 1.68 bits per heavy atom. The summed E-state index contributed by atoms with van der Waals surface area (Å²) in [6.45, 7) is 7.17. The fourth-order valence-corrected chi connectivity index (χ4v) is 3.74. The average Bonchev–Trinajstić information content (AvgIpc) is 2.76. The molecular formula is C21H29N5O2. The van der Waals surface area contributed by atoms with Crippen molar-refractivity contribution in [3.05, 3.63) is 42.6 Å². The van der Waals surface area contributed by atoms with Crippen molar-refractivity contribution in [1.29, 1.82) is 0 Å². The molecule has 2 fully saturated rings. The van der Waals surface area contributed by atoms with E-state index in [4.69, 9.17) is 9.72 Å². The molecule has 0 spiro atoms. The highest BCUT2D eigenvalue weighted by atomic mass is 16.5. The molecule has 2 saturated heterocycles. The van der Waals surface area contributed by atoms with E-state index >= 15 is 0 Å². The summed E-state index contributed by atoms with van der Waals surface area (Å²) in [6.07, 6.45) is 3.30. The third-order valence-corrected chi connectivity index (χ3v) is 5.49. The molecule has 0 aliphatic carbocycles. The molecule has 4 rings (SSSR count). The molecule has 3 heterocycles. The van der Waals surface area contributed by atoms with Gasteiger partial charge in [-0.2, -0.15) is 4.98 Å². The summed E-state index contributed by atoms with van der Waals surface area (Å²) in [7, 11) is 0. The van der Waals surface area contributed by atoms with Gasteiger partial charge >= 0.3 is 0 Å². The van der Waals surface area contributed by atoms with Gasteiger partial charge < -0.3 is 19.6 Å². The summed E-state index contributed by atoms with van der Waals surface area (Å²) < 4.78 is 5.81. The van der Waals surface area contributed by atoms with Crippen molar-refractivity contribution in [2.24, 2.45) is 0 Å². The highest BCUT2D eigenvalue weighted by molar-refractivity contribution is 5.44. The topological polar surface area (TPSA) is 65.0 Å². The lowest BCUT2D eigenvalue weighted by Crippen LogP contribution is -2.48. The van der Waals surface area contributed by atoms with Gasteiger partial charge in [-0.25, -0.2) is 4.98 Å². The number of hydrogen-bond acceptors (Lipinski definition) is 7. The van der Waals surface area contributed by atoms with Gasteiger partial charge in [-0.1, -0.05) is 18.2 Å². The van der Waals surface area contributed by atoms with Crippen LogP contribution in [0.15, 0.2) is 42.6 Å². The van der Waals surface area contributed by atoms with Gasteiger partial charge in [0.25, 0.3) is 0 Å². The standard InChI is InChI=1S/C21H29N5O2/c27-18-7-10-25(11-8-18)20-6-9-22-21(23-20)26-14-12-24(13-15-26)16-17-28-19-4-2-1-3-5-19/h1-6,9,18,27H,7-8,10-17H2. The minimum Gasteiger partial charge on any atom is -0.492 e. The second kappa shape index (κ2) is 9.21. The fraction of sp³-hybridized carbons (Fsp3) is 0.524. The molecule has 0 amide bonds. The Bertz CT molecular complexity index is 729. The molecular weight excluding hydrogens is 354 g/mol. The van der Waals surface area contributed by atoms with Crippen molar-refractivity contribution in [3.8, 4) is 5.75 Å². The van der Waals surface area contributed by atoms with Crippen molar-refractivity contribution >= 4 is 11.8 Å². The molecule has 28 heavy (non-hydrogen) atoms. The van der Waals surface area contributed by atoms with Crippen LogP contribution in [0.2, 0.25) is 0 Å². The van der Waals surface area contributed by atoms with Crippen LogP contribution in [0, 0.1) is 0 Å². The second-order valence-corrected chi connectivity index (χ2v) is 7.42. The number of nitrogens with zero attached hydrogens (tertiary/aromatic N) is 5. The van der Waals surface area contributed by atoms with Crippen molar-refractivity contribution < 1.29 is 9.84 Å². The van der Waals surface area contributed by atoms with Crippen LogP contribution in [-0.4, -0.2) is 78.5 Å². The molecule has 1 aromatic heterocycles. The van der Waals surface area contributed by atoms with Gasteiger partial charge in [0.15, 0.2) is 0 Å². The maximum atomic E-state index is 9.70. The lowest BCUT2D eigenvalue weighted by molar-refractivity contribution is 0.145. The maximum absolute atomic E-state index is 9.70. The summed E-state index contributed by atoms with van der Waals surface area (Å²) in [4.78, 5) is 16.2. The number of anilines is 2. The second-order valence-electron chi connectivity index (χ2n) is 7.42. The number of aliphatic hydroxyl groups is 1. The van der Waals surface area contributed by atoms with Crippen LogP contribution in [0.3, 0.4) is 0 Å². The average molecular weight is 383 g/mol. The van der Waals surface area contributed by atoms with E-state index in [2.05, 4.69) is 19.7 Å². The van der Waals surface area contributed by atoms with Crippen molar-refractivity contribution in [2.75, 3.05) is 62.2 Å². The molecule has 0 atom stereocenters. The normalized spacial score (nSPS) is 19.0. The molecule has 7 heteroatoms. The zero-order valence-corrected chi connectivity index (χ0v) is 16.3. The van der Waals surface area contributed by atoms with E-state index in [0.717, 1.165) is 76.2 Å². The van der Waals surface area contributed by atoms with Gasteiger partial charge in [-0.15, -0.1) is 0 Å². The first-order valence-corrected chi connectivity index (χ1v) is 10.2. The van der Waals surface area contributed by atoms with E-state index < -0.39 is 0 Å². The van der Waals surface area contributed by atoms with Gasteiger partial charge in [-0.05, 0) is 31.0 Å². The molecule has 0 saturated carbocycles.